The molecule has 6 aromatic rings. The molecule has 3 heterocycles. The van der Waals surface area contributed by atoms with E-state index in [2.05, 4.69) is 15.3 Å². The molecule has 0 radical (unpaired) electrons. The number of anilines is 1. The fraction of sp³-hybridized carbons (Fsp3) is 0.0667. The molecule has 3 aromatic heterocycles. The van der Waals surface area contributed by atoms with Gasteiger partial charge in [-0.05, 0) is 61.0 Å². The molecule has 0 spiro atoms. The molecule has 1 amide bonds. The first-order valence-electron chi connectivity index (χ1n) is 12.5. The number of rotatable bonds is 6. The lowest BCUT2D eigenvalue weighted by molar-refractivity contribution is 0.102. The normalized spacial score (nSPS) is 11.1. The van der Waals surface area contributed by atoms with Crippen molar-refractivity contribution >= 4 is 17.2 Å². The average molecular weight is 553 g/mol. The molecule has 0 aliphatic heterocycles. The number of nitrogens with one attached hydrogen (secondary N) is 1. The molecular formula is C30H22F2N6O3. The predicted molar refractivity (Wildman–Crippen MR) is 149 cm³/mol. The molecule has 0 aliphatic rings. The standard InChI is InChI=1S/C30H22F2N6O3/c1-18-27(29(40)38(36(18)2)22-11-8-20(31)9-12-22)28(39)35-21-10-14-25(23(32)16-21)41-30-34-17-33-26-15-13-24(37(26)30)19-6-4-3-5-7-19/h3-17H,1-2H3,(H,35,39). The lowest BCUT2D eigenvalue weighted by Crippen LogP contribution is -2.25. The van der Waals surface area contributed by atoms with Crippen molar-refractivity contribution < 1.29 is 18.3 Å². The third kappa shape index (κ3) is 4.63. The molecule has 9 nitrogen and oxygen atoms in total. The number of nitrogens with zero attached hydrogens (tertiary/aromatic N) is 5. The second-order valence-electron chi connectivity index (χ2n) is 9.21. The number of carbonyl (C=O) groups excluding carboxylic acids is 1. The molecule has 41 heavy (non-hydrogen) atoms. The maximum atomic E-state index is 15.2. The van der Waals surface area contributed by atoms with Gasteiger partial charge in [-0.15, -0.1) is 0 Å². The number of fused-ring (bicyclic) bond motifs is 1. The van der Waals surface area contributed by atoms with Crippen molar-refractivity contribution in [2.24, 2.45) is 7.05 Å². The van der Waals surface area contributed by atoms with Crippen LogP contribution in [0.2, 0.25) is 0 Å². The van der Waals surface area contributed by atoms with E-state index in [-0.39, 0.29) is 23.0 Å². The minimum absolute atomic E-state index is 0.107. The summed E-state index contributed by atoms with van der Waals surface area (Å²) in [5.41, 5.74) is 2.42. The first-order chi connectivity index (χ1) is 19.8. The fourth-order valence-corrected chi connectivity index (χ4v) is 4.63. The van der Waals surface area contributed by atoms with E-state index in [9.17, 15) is 14.0 Å². The Morgan fingerprint density at radius 1 is 0.927 bits per heavy atom. The molecule has 0 atom stereocenters. The zero-order chi connectivity index (χ0) is 28.7. The largest absolute Gasteiger partial charge is 0.422 e. The number of ether oxygens (including phenoxy) is 1. The van der Waals surface area contributed by atoms with Crippen LogP contribution in [0.25, 0.3) is 22.6 Å². The van der Waals surface area contributed by atoms with Crippen LogP contribution in [0, 0.1) is 18.6 Å². The van der Waals surface area contributed by atoms with Crippen molar-refractivity contribution in [2.45, 2.75) is 6.92 Å². The Hall–Kier alpha value is -5.58. The summed E-state index contributed by atoms with van der Waals surface area (Å²) in [5, 5.41) is 2.58. The van der Waals surface area contributed by atoms with Crippen LogP contribution in [0.1, 0.15) is 16.1 Å². The summed E-state index contributed by atoms with van der Waals surface area (Å²) in [4.78, 5) is 34.7. The number of aromatic nitrogens is 5. The van der Waals surface area contributed by atoms with Gasteiger partial charge in [-0.3, -0.25) is 14.3 Å². The van der Waals surface area contributed by atoms with Crippen molar-refractivity contribution in [3.63, 3.8) is 0 Å². The van der Waals surface area contributed by atoms with Gasteiger partial charge in [0.05, 0.1) is 17.1 Å². The van der Waals surface area contributed by atoms with Gasteiger partial charge in [0.1, 0.15) is 23.4 Å². The van der Waals surface area contributed by atoms with Crippen LogP contribution >= 0.6 is 0 Å². The Kier molecular flexibility index (Phi) is 6.38. The minimum Gasteiger partial charge on any atom is -0.422 e. The van der Waals surface area contributed by atoms with Crippen molar-refractivity contribution in [1.82, 2.24) is 23.7 Å². The van der Waals surface area contributed by atoms with E-state index in [1.807, 2.05) is 42.5 Å². The molecule has 0 aliphatic carbocycles. The lowest BCUT2D eigenvalue weighted by Gasteiger charge is -2.11. The Morgan fingerprint density at radius 3 is 2.41 bits per heavy atom. The number of carbonyl (C=O) groups is 1. The third-order valence-electron chi connectivity index (χ3n) is 6.72. The van der Waals surface area contributed by atoms with Gasteiger partial charge in [0.2, 0.25) is 0 Å². The van der Waals surface area contributed by atoms with Crippen LogP contribution in [0.4, 0.5) is 14.5 Å². The Morgan fingerprint density at radius 2 is 1.68 bits per heavy atom. The van der Waals surface area contributed by atoms with E-state index in [0.717, 1.165) is 17.3 Å². The van der Waals surface area contributed by atoms with Crippen LogP contribution in [-0.4, -0.2) is 29.6 Å². The molecule has 0 fully saturated rings. The number of hydrogen-bond acceptors (Lipinski definition) is 5. The number of benzene rings is 3. The first-order valence-corrected chi connectivity index (χ1v) is 12.5. The van der Waals surface area contributed by atoms with Crippen molar-refractivity contribution in [2.75, 3.05) is 5.32 Å². The molecule has 11 heteroatoms. The quantitative estimate of drug-likeness (QED) is 0.294. The zero-order valence-corrected chi connectivity index (χ0v) is 21.9. The van der Waals surface area contributed by atoms with Crippen LogP contribution in [0.5, 0.6) is 11.8 Å². The molecule has 6 rings (SSSR count). The van der Waals surface area contributed by atoms with E-state index >= 15 is 4.39 Å². The van der Waals surface area contributed by atoms with E-state index in [4.69, 9.17) is 4.74 Å². The number of hydrogen-bond donors (Lipinski definition) is 1. The third-order valence-corrected chi connectivity index (χ3v) is 6.72. The lowest BCUT2D eigenvalue weighted by atomic mass is 10.2. The molecular weight excluding hydrogens is 530 g/mol. The highest BCUT2D eigenvalue weighted by Crippen LogP contribution is 2.30. The van der Waals surface area contributed by atoms with Crippen LogP contribution in [-0.2, 0) is 7.05 Å². The predicted octanol–water partition coefficient (Wildman–Crippen LogP) is 5.52. The second kappa shape index (κ2) is 10.2. The minimum atomic E-state index is -0.753. The molecule has 1 N–H and O–H groups in total. The Bertz CT molecular complexity index is 1980. The van der Waals surface area contributed by atoms with Gasteiger partial charge in [-0.2, -0.15) is 4.98 Å². The van der Waals surface area contributed by atoms with Gasteiger partial charge in [0, 0.05) is 18.8 Å². The smallest absolute Gasteiger partial charge is 0.309 e. The van der Waals surface area contributed by atoms with Crippen molar-refractivity contribution in [3.8, 4) is 28.7 Å². The summed E-state index contributed by atoms with van der Waals surface area (Å²) >= 11 is 0. The zero-order valence-electron chi connectivity index (χ0n) is 21.9. The van der Waals surface area contributed by atoms with Gasteiger partial charge < -0.3 is 10.1 Å². The average Bonchev–Trinajstić information content (AvgIpc) is 3.50. The SMILES string of the molecule is Cc1c(C(=O)Nc2ccc(Oc3ncnc4ccc(-c5ccccc5)n34)c(F)c2)c(=O)n(-c2ccc(F)cc2)n1C. The first kappa shape index (κ1) is 25.7. The highest BCUT2D eigenvalue weighted by Gasteiger charge is 2.23. The summed E-state index contributed by atoms with van der Waals surface area (Å²) in [6.07, 6.45) is 1.33. The van der Waals surface area contributed by atoms with Gasteiger partial charge in [0.15, 0.2) is 11.6 Å². The number of halogens is 2. The molecule has 204 valence electrons. The van der Waals surface area contributed by atoms with Gasteiger partial charge >= 0.3 is 6.01 Å². The molecule has 0 saturated heterocycles. The molecule has 0 bridgehead atoms. The summed E-state index contributed by atoms with van der Waals surface area (Å²) in [6, 6.07) is 22.6. The summed E-state index contributed by atoms with van der Waals surface area (Å²) in [6.45, 7) is 1.61. The van der Waals surface area contributed by atoms with E-state index in [1.165, 1.54) is 52.1 Å². The number of amides is 1. The van der Waals surface area contributed by atoms with E-state index in [0.29, 0.717) is 17.0 Å². The second-order valence-corrected chi connectivity index (χ2v) is 9.21. The molecule has 0 saturated carbocycles. The van der Waals surface area contributed by atoms with E-state index < -0.39 is 23.1 Å². The maximum absolute atomic E-state index is 15.2. The van der Waals surface area contributed by atoms with Crippen molar-refractivity contribution in [1.29, 1.82) is 0 Å². The Labute approximate surface area is 231 Å². The van der Waals surface area contributed by atoms with Crippen LogP contribution < -0.4 is 15.6 Å². The van der Waals surface area contributed by atoms with E-state index in [1.54, 1.807) is 18.4 Å². The molecule has 0 unspecified atom stereocenters. The topological polar surface area (TPSA) is 95.5 Å². The van der Waals surface area contributed by atoms with Crippen molar-refractivity contribution in [3.05, 3.63) is 125 Å². The van der Waals surface area contributed by atoms with Gasteiger partial charge in [-0.1, -0.05) is 30.3 Å². The highest BCUT2D eigenvalue weighted by molar-refractivity contribution is 6.05. The highest BCUT2D eigenvalue weighted by atomic mass is 19.1. The monoisotopic (exact) mass is 552 g/mol. The fourth-order valence-electron chi connectivity index (χ4n) is 4.63. The maximum Gasteiger partial charge on any atom is 0.309 e. The Balaban J connectivity index is 1.27. The summed E-state index contributed by atoms with van der Waals surface area (Å²) in [5.74, 6) is -2.04. The van der Waals surface area contributed by atoms with Crippen LogP contribution in [0.15, 0.2) is 96.1 Å². The summed E-state index contributed by atoms with van der Waals surface area (Å²) < 4.78 is 38.8. The van der Waals surface area contributed by atoms with Gasteiger partial charge in [0.25, 0.3) is 11.5 Å². The molecule has 3 aromatic carbocycles. The summed E-state index contributed by atoms with van der Waals surface area (Å²) in [7, 11) is 1.61. The van der Waals surface area contributed by atoms with Gasteiger partial charge in [-0.25, -0.2) is 22.8 Å². The van der Waals surface area contributed by atoms with Crippen LogP contribution in [0.3, 0.4) is 0 Å².